The molecular weight excluding hydrogens is 267 g/mol. The first-order valence-corrected chi connectivity index (χ1v) is 7.27. The summed E-state index contributed by atoms with van der Waals surface area (Å²) >= 11 is 12.2. The van der Waals surface area contributed by atoms with Gasteiger partial charge in [-0.1, -0.05) is 44.0 Å². The number of hydrogen-bond donors (Lipinski definition) is 1. The highest BCUT2D eigenvalue weighted by atomic mass is 35.5. The molecule has 2 unspecified atom stereocenters. The maximum atomic E-state index is 6.27. The van der Waals surface area contributed by atoms with E-state index in [9.17, 15) is 0 Å². The van der Waals surface area contributed by atoms with E-state index in [1.54, 1.807) is 12.3 Å². The summed E-state index contributed by atoms with van der Waals surface area (Å²) in [6.07, 6.45) is 2.79. The average molecular weight is 289 g/mol. The van der Waals surface area contributed by atoms with Crippen molar-refractivity contribution in [1.29, 1.82) is 0 Å². The van der Waals surface area contributed by atoms with Crippen molar-refractivity contribution in [3.05, 3.63) is 28.0 Å². The predicted octanol–water partition coefficient (Wildman–Crippen LogP) is 4.52. The van der Waals surface area contributed by atoms with E-state index in [0.29, 0.717) is 27.9 Å². The summed E-state index contributed by atoms with van der Waals surface area (Å²) in [4.78, 5) is 4.42. The van der Waals surface area contributed by atoms with Gasteiger partial charge in [0.15, 0.2) is 0 Å². The molecule has 18 heavy (non-hydrogen) atoms. The van der Waals surface area contributed by atoms with E-state index >= 15 is 0 Å². The summed E-state index contributed by atoms with van der Waals surface area (Å²) in [6, 6.07) is 2.11. The Hall–Kier alpha value is -0.310. The zero-order valence-electron chi connectivity index (χ0n) is 11.5. The molecule has 1 aromatic rings. The molecule has 0 aliphatic heterocycles. The van der Waals surface area contributed by atoms with Crippen LogP contribution in [0.2, 0.25) is 10.0 Å². The Kier molecular flexibility index (Phi) is 6.40. The third kappa shape index (κ3) is 4.11. The number of halogens is 2. The summed E-state index contributed by atoms with van der Waals surface area (Å²) in [6.45, 7) is 9.75. The van der Waals surface area contributed by atoms with Gasteiger partial charge < -0.3 is 5.32 Å². The van der Waals surface area contributed by atoms with Crippen LogP contribution in [0.1, 0.15) is 45.7 Å². The highest BCUT2D eigenvalue weighted by Crippen LogP contribution is 2.32. The molecule has 0 fully saturated rings. The maximum Gasteiger partial charge on any atom is 0.0639 e. The van der Waals surface area contributed by atoms with Gasteiger partial charge in [-0.25, -0.2) is 0 Å². The molecule has 0 aliphatic carbocycles. The van der Waals surface area contributed by atoms with E-state index in [2.05, 4.69) is 38.0 Å². The number of nitrogens with zero attached hydrogens (tertiary/aromatic N) is 1. The first kappa shape index (κ1) is 15.7. The van der Waals surface area contributed by atoms with Gasteiger partial charge in [-0.2, -0.15) is 0 Å². The van der Waals surface area contributed by atoms with Crippen LogP contribution in [0.15, 0.2) is 12.3 Å². The molecule has 0 aromatic carbocycles. The second-order valence-corrected chi connectivity index (χ2v) is 5.88. The van der Waals surface area contributed by atoms with Crippen LogP contribution in [0.4, 0.5) is 0 Å². The molecule has 0 bridgehead atoms. The molecule has 4 heteroatoms. The number of nitrogens with one attached hydrogen (secondary N) is 1. The van der Waals surface area contributed by atoms with Crippen molar-refractivity contribution in [3.63, 3.8) is 0 Å². The summed E-state index contributed by atoms with van der Waals surface area (Å²) in [7, 11) is 0. The number of rotatable bonds is 6. The Morgan fingerprint density at radius 2 is 1.94 bits per heavy atom. The van der Waals surface area contributed by atoms with Gasteiger partial charge in [-0.15, -0.1) is 0 Å². The molecule has 1 heterocycles. The number of pyridine rings is 1. The predicted molar refractivity (Wildman–Crippen MR) is 79.6 cm³/mol. The minimum atomic E-state index is 0.293. The first-order valence-electron chi connectivity index (χ1n) is 6.51. The topological polar surface area (TPSA) is 24.9 Å². The van der Waals surface area contributed by atoms with E-state index in [0.717, 1.165) is 18.7 Å². The lowest BCUT2D eigenvalue weighted by Gasteiger charge is -2.28. The van der Waals surface area contributed by atoms with Gasteiger partial charge in [-0.05, 0) is 31.9 Å². The zero-order valence-corrected chi connectivity index (χ0v) is 13.0. The Morgan fingerprint density at radius 3 is 2.44 bits per heavy atom. The Morgan fingerprint density at radius 1 is 1.28 bits per heavy atom. The molecule has 0 spiro atoms. The van der Waals surface area contributed by atoms with Crippen LogP contribution in [-0.4, -0.2) is 17.6 Å². The van der Waals surface area contributed by atoms with Gasteiger partial charge in [0.2, 0.25) is 0 Å². The van der Waals surface area contributed by atoms with Crippen LogP contribution in [-0.2, 0) is 0 Å². The van der Waals surface area contributed by atoms with Gasteiger partial charge in [0, 0.05) is 18.2 Å². The van der Waals surface area contributed by atoms with Crippen LogP contribution in [0, 0.1) is 5.92 Å². The number of aromatic nitrogens is 1. The molecular formula is C14H22Cl2N2. The lowest BCUT2D eigenvalue weighted by molar-refractivity contribution is 0.371. The first-order chi connectivity index (χ1) is 8.47. The Bertz CT molecular complexity index is 380. The quantitative estimate of drug-likeness (QED) is 0.833. The third-order valence-electron chi connectivity index (χ3n) is 3.13. The smallest absolute Gasteiger partial charge is 0.0639 e. The normalized spacial score (nSPS) is 14.8. The fraction of sp³-hybridized carbons (Fsp3) is 0.643. The SMILES string of the molecule is CCCNC(C)C(c1ncc(Cl)cc1Cl)C(C)C. The van der Waals surface area contributed by atoms with Crippen LogP contribution in [0.3, 0.4) is 0 Å². The van der Waals surface area contributed by atoms with Crippen molar-refractivity contribution in [1.82, 2.24) is 10.3 Å². The highest BCUT2D eigenvalue weighted by Gasteiger charge is 2.25. The van der Waals surface area contributed by atoms with Crippen molar-refractivity contribution >= 4 is 23.2 Å². The van der Waals surface area contributed by atoms with Gasteiger partial charge in [0.25, 0.3) is 0 Å². The van der Waals surface area contributed by atoms with Crippen molar-refractivity contribution in [3.8, 4) is 0 Å². The number of hydrogen-bond acceptors (Lipinski definition) is 2. The largest absolute Gasteiger partial charge is 0.314 e. The second kappa shape index (κ2) is 7.32. The van der Waals surface area contributed by atoms with E-state index in [1.807, 2.05) is 0 Å². The average Bonchev–Trinajstić information content (AvgIpc) is 2.29. The van der Waals surface area contributed by atoms with Crippen molar-refractivity contribution in [2.24, 2.45) is 5.92 Å². The lowest BCUT2D eigenvalue weighted by atomic mass is 9.86. The minimum Gasteiger partial charge on any atom is -0.314 e. The van der Waals surface area contributed by atoms with Crippen molar-refractivity contribution < 1.29 is 0 Å². The standard InChI is InChI=1S/C14H22Cl2N2/c1-5-6-17-10(4)13(9(2)3)14-12(16)7-11(15)8-18-14/h7-10,13,17H,5-6H2,1-4H3. The van der Waals surface area contributed by atoms with Gasteiger partial charge in [0.05, 0.1) is 15.7 Å². The van der Waals surface area contributed by atoms with E-state index in [1.165, 1.54) is 0 Å². The van der Waals surface area contributed by atoms with Gasteiger partial charge in [0.1, 0.15) is 0 Å². The van der Waals surface area contributed by atoms with E-state index in [-0.39, 0.29) is 0 Å². The van der Waals surface area contributed by atoms with Crippen molar-refractivity contribution in [2.75, 3.05) is 6.54 Å². The summed E-state index contributed by atoms with van der Waals surface area (Å²) in [5.74, 6) is 0.761. The minimum absolute atomic E-state index is 0.293. The molecule has 2 nitrogen and oxygen atoms in total. The van der Waals surface area contributed by atoms with Crippen LogP contribution in [0.25, 0.3) is 0 Å². The summed E-state index contributed by atoms with van der Waals surface area (Å²) in [5.41, 5.74) is 0.937. The molecule has 2 atom stereocenters. The molecule has 102 valence electrons. The third-order valence-corrected chi connectivity index (χ3v) is 3.63. The van der Waals surface area contributed by atoms with Crippen LogP contribution in [0.5, 0.6) is 0 Å². The lowest BCUT2D eigenvalue weighted by Crippen LogP contribution is -2.35. The van der Waals surface area contributed by atoms with Gasteiger partial charge in [-0.3, -0.25) is 4.98 Å². The van der Waals surface area contributed by atoms with Crippen LogP contribution < -0.4 is 5.32 Å². The highest BCUT2D eigenvalue weighted by molar-refractivity contribution is 6.34. The Balaban J connectivity index is 2.97. The summed E-state index contributed by atoms with van der Waals surface area (Å²) < 4.78 is 0. The van der Waals surface area contributed by atoms with Crippen molar-refractivity contribution in [2.45, 2.75) is 46.1 Å². The molecule has 1 rings (SSSR count). The molecule has 0 amide bonds. The Labute approximate surface area is 120 Å². The molecule has 0 saturated heterocycles. The van der Waals surface area contributed by atoms with Gasteiger partial charge >= 0.3 is 0 Å². The fourth-order valence-corrected chi connectivity index (χ4v) is 2.81. The van der Waals surface area contributed by atoms with E-state index < -0.39 is 0 Å². The summed E-state index contributed by atoms with van der Waals surface area (Å²) in [5, 5.41) is 4.76. The monoisotopic (exact) mass is 288 g/mol. The van der Waals surface area contributed by atoms with Crippen LogP contribution >= 0.6 is 23.2 Å². The molecule has 0 aliphatic rings. The van der Waals surface area contributed by atoms with E-state index in [4.69, 9.17) is 23.2 Å². The molecule has 0 saturated carbocycles. The molecule has 1 aromatic heterocycles. The maximum absolute atomic E-state index is 6.27. The molecule has 1 N–H and O–H groups in total. The zero-order chi connectivity index (χ0) is 13.7. The fourth-order valence-electron chi connectivity index (χ4n) is 2.30. The molecule has 0 radical (unpaired) electrons. The second-order valence-electron chi connectivity index (χ2n) is 5.03.